The van der Waals surface area contributed by atoms with Gasteiger partial charge in [0.15, 0.2) is 0 Å². The number of hydrogen-bond donors (Lipinski definition) is 1. The monoisotopic (exact) mass is 325 g/mol. The van der Waals surface area contributed by atoms with Crippen LogP contribution in [0.3, 0.4) is 0 Å². The highest BCUT2D eigenvalue weighted by Crippen LogP contribution is 2.20. The zero-order valence-corrected chi connectivity index (χ0v) is 14.2. The Hall–Kier alpha value is -1.33. The van der Waals surface area contributed by atoms with Crippen LogP contribution in [-0.4, -0.2) is 40.7 Å². The van der Waals surface area contributed by atoms with Crippen molar-refractivity contribution in [1.29, 1.82) is 0 Å². The second-order valence-corrected chi connectivity index (χ2v) is 7.03. The summed E-state index contributed by atoms with van der Waals surface area (Å²) in [4.78, 5) is 18.2. The highest BCUT2D eigenvalue weighted by molar-refractivity contribution is 6.29. The van der Waals surface area contributed by atoms with Crippen LogP contribution in [0.25, 0.3) is 0 Å². The van der Waals surface area contributed by atoms with Gasteiger partial charge >= 0.3 is 6.09 Å². The molecule has 1 aromatic rings. The van der Waals surface area contributed by atoms with Gasteiger partial charge in [0.2, 0.25) is 0 Å². The first kappa shape index (κ1) is 17.0. The lowest BCUT2D eigenvalue weighted by molar-refractivity contribution is 0.0512. The molecule has 122 valence electrons. The Balaban J connectivity index is 1.83. The molecule has 0 saturated carbocycles. The van der Waals surface area contributed by atoms with Crippen LogP contribution in [0.15, 0.2) is 18.3 Å². The van der Waals surface area contributed by atoms with Crippen molar-refractivity contribution in [3.05, 3.63) is 29.0 Å². The minimum Gasteiger partial charge on any atom is -0.444 e. The third kappa shape index (κ3) is 5.46. The predicted octanol–water partition coefficient (Wildman–Crippen LogP) is 3.22. The standard InChI is InChI=1S/C16H24ClN3O2/c1-16(2,3)22-15(21)19-10-13-5-4-8-20(13)11-12-6-7-14(17)18-9-12/h6-7,9,13H,4-5,8,10-11H2,1-3H3,(H,19,21)/t13-/m0/s1. The fourth-order valence-corrected chi connectivity index (χ4v) is 2.70. The van der Waals surface area contributed by atoms with Crippen LogP contribution in [-0.2, 0) is 11.3 Å². The van der Waals surface area contributed by atoms with Crippen molar-refractivity contribution in [2.75, 3.05) is 13.1 Å². The third-order valence-electron chi connectivity index (χ3n) is 3.55. The number of rotatable bonds is 4. The number of ether oxygens (including phenoxy) is 1. The predicted molar refractivity (Wildman–Crippen MR) is 86.9 cm³/mol. The van der Waals surface area contributed by atoms with Gasteiger partial charge in [-0.2, -0.15) is 0 Å². The van der Waals surface area contributed by atoms with Gasteiger partial charge in [0, 0.05) is 25.3 Å². The fraction of sp³-hybridized carbons (Fsp3) is 0.625. The average Bonchev–Trinajstić information content (AvgIpc) is 2.84. The first-order valence-corrected chi connectivity index (χ1v) is 8.02. The Labute approximate surface area is 137 Å². The number of nitrogens with zero attached hydrogens (tertiary/aromatic N) is 2. The van der Waals surface area contributed by atoms with E-state index in [0.29, 0.717) is 17.7 Å². The second-order valence-electron chi connectivity index (χ2n) is 6.64. The van der Waals surface area contributed by atoms with Crippen molar-refractivity contribution in [2.24, 2.45) is 0 Å². The van der Waals surface area contributed by atoms with E-state index in [-0.39, 0.29) is 6.09 Å². The average molecular weight is 326 g/mol. The molecule has 1 amide bonds. The van der Waals surface area contributed by atoms with Crippen molar-refractivity contribution in [1.82, 2.24) is 15.2 Å². The van der Waals surface area contributed by atoms with Gasteiger partial charge in [-0.15, -0.1) is 0 Å². The number of nitrogens with one attached hydrogen (secondary N) is 1. The molecule has 0 aliphatic carbocycles. The highest BCUT2D eigenvalue weighted by Gasteiger charge is 2.25. The summed E-state index contributed by atoms with van der Waals surface area (Å²) in [5.74, 6) is 0. The molecule has 2 heterocycles. The minimum atomic E-state index is -0.464. The third-order valence-corrected chi connectivity index (χ3v) is 3.78. The van der Waals surface area contributed by atoms with E-state index in [9.17, 15) is 4.79 Å². The van der Waals surface area contributed by atoms with E-state index in [0.717, 1.165) is 31.5 Å². The molecule has 6 heteroatoms. The number of amides is 1. The summed E-state index contributed by atoms with van der Waals surface area (Å²) in [6, 6.07) is 4.13. The highest BCUT2D eigenvalue weighted by atomic mass is 35.5. The summed E-state index contributed by atoms with van der Waals surface area (Å²) in [6.07, 6.45) is 3.67. The Morgan fingerprint density at radius 3 is 2.91 bits per heavy atom. The smallest absolute Gasteiger partial charge is 0.407 e. The number of pyridine rings is 1. The van der Waals surface area contributed by atoms with Gasteiger partial charge in [0.25, 0.3) is 0 Å². The summed E-state index contributed by atoms with van der Waals surface area (Å²) in [6.45, 7) is 8.05. The van der Waals surface area contributed by atoms with Crippen LogP contribution < -0.4 is 5.32 Å². The summed E-state index contributed by atoms with van der Waals surface area (Å²) in [7, 11) is 0. The van der Waals surface area contributed by atoms with Crippen LogP contribution in [0.2, 0.25) is 5.15 Å². The maximum atomic E-state index is 11.7. The minimum absolute atomic E-state index is 0.336. The van der Waals surface area contributed by atoms with Crippen molar-refractivity contribution >= 4 is 17.7 Å². The van der Waals surface area contributed by atoms with Gasteiger partial charge in [0.05, 0.1) is 0 Å². The van der Waals surface area contributed by atoms with Gasteiger partial charge in [-0.25, -0.2) is 9.78 Å². The summed E-state index contributed by atoms with van der Waals surface area (Å²) >= 11 is 5.81. The van der Waals surface area contributed by atoms with Crippen molar-refractivity contribution in [2.45, 2.75) is 51.8 Å². The zero-order chi connectivity index (χ0) is 16.2. The van der Waals surface area contributed by atoms with Gasteiger partial charge < -0.3 is 10.1 Å². The lowest BCUT2D eigenvalue weighted by atomic mass is 10.2. The number of carbonyl (C=O) groups is 1. The van der Waals surface area contributed by atoms with Crippen molar-refractivity contribution in [3.8, 4) is 0 Å². The number of aromatic nitrogens is 1. The first-order chi connectivity index (χ1) is 10.3. The van der Waals surface area contributed by atoms with Gasteiger partial charge in [-0.1, -0.05) is 17.7 Å². The maximum Gasteiger partial charge on any atom is 0.407 e. The number of halogens is 1. The van der Waals surface area contributed by atoms with E-state index in [1.807, 2.05) is 26.8 Å². The summed E-state index contributed by atoms with van der Waals surface area (Å²) in [5, 5.41) is 3.37. The van der Waals surface area contributed by atoms with Crippen LogP contribution >= 0.6 is 11.6 Å². The summed E-state index contributed by atoms with van der Waals surface area (Å²) < 4.78 is 5.27. The van der Waals surface area contributed by atoms with Gasteiger partial charge in [-0.3, -0.25) is 4.90 Å². The Bertz CT molecular complexity index is 499. The molecule has 1 aliphatic rings. The normalized spacial score (nSPS) is 19.2. The van der Waals surface area contributed by atoms with Crippen LogP contribution in [0.5, 0.6) is 0 Å². The summed E-state index contributed by atoms with van der Waals surface area (Å²) in [5.41, 5.74) is 0.669. The molecule has 0 spiro atoms. The zero-order valence-electron chi connectivity index (χ0n) is 13.4. The fourth-order valence-electron chi connectivity index (χ4n) is 2.58. The molecular formula is C16H24ClN3O2. The van der Waals surface area contributed by atoms with E-state index in [1.54, 1.807) is 12.3 Å². The van der Waals surface area contributed by atoms with E-state index in [4.69, 9.17) is 16.3 Å². The topological polar surface area (TPSA) is 54.5 Å². The second kappa shape index (κ2) is 7.29. The van der Waals surface area contributed by atoms with Crippen LogP contribution in [0.1, 0.15) is 39.2 Å². The van der Waals surface area contributed by atoms with Gasteiger partial charge in [0.1, 0.15) is 10.8 Å². The Morgan fingerprint density at radius 1 is 1.50 bits per heavy atom. The molecule has 5 nitrogen and oxygen atoms in total. The molecule has 2 rings (SSSR count). The molecule has 1 fully saturated rings. The molecule has 1 saturated heterocycles. The molecule has 0 radical (unpaired) electrons. The Morgan fingerprint density at radius 2 is 2.27 bits per heavy atom. The number of likely N-dealkylation sites (tertiary alicyclic amines) is 1. The van der Waals surface area contributed by atoms with E-state index >= 15 is 0 Å². The van der Waals surface area contributed by atoms with Crippen molar-refractivity contribution < 1.29 is 9.53 Å². The molecule has 22 heavy (non-hydrogen) atoms. The van der Waals surface area contributed by atoms with Crippen LogP contribution in [0, 0.1) is 0 Å². The largest absolute Gasteiger partial charge is 0.444 e. The molecule has 1 N–H and O–H groups in total. The van der Waals surface area contributed by atoms with E-state index in [2.05, 4.69) is 15.2 Å². The molecule has 0 aromatic carbocycles. The van der Waals surface area contributed by atoms with Gasteiger partial charge in [-0.05, 0) is 51.8 Å². The molecule has 1 aromatic heterocycles. The molecule has 0 bridgehead atoms. The number of hydrogen-bond acceptors (Lipinski definition) is 4. The molecule has 1 aliphatic heterocycles. The lowest BCUT2D eigenvalue weighted by Crippen LogP contribution is -2.41. The first-order valence-electron chi connectivity index (χ1n) is 7.65. The Kier molecular flexibility index (Phi) is 5.64. The quantitative estimate of drug-likeness (QED) is 0.864. The molecular weight excluding hydrogens is 302 g/mol. The lowest BCUT2D eigenvalue weighted by Gasteiger charge is -2.25. The number of alkyl carbamates (subject to hydrolysis) is 1. The van der Waals surface area contributed by atoms with E-state index < -0.39 is 5.60 Å². The SMILES string of the molecule is CC(C)(C)OC(=O)NC[C@@H]1CCCN1Cc1ccc(Cl)nc1. The number of carbonyl (C=O) groups excluding carboxylic acids is 1. The molecule has 1 atom stereocenters. The van der Waals surface area contributed by atoms with Crippen molar-refractivity contribution in [3.63, 3.8) is 0 Å². The maximum absolute atomic E-state index is 11.7. The van der Waals surface area contributed by atoms with E-state index in [1.165, 1.54) is 0 Å². The molecule has 0 unspecified atom stereocenters. The van der Waals surface area contributed by atoms with Crippen LogP contribution in [0.4, 0.5) is 4.79 Å².